The van der Waals surface area contributed by atoms with Crippen molar-refractivity contribution < 1.29 is 18.3 Å². The first-order valence-electron chi connectivity index (χ1n) is 13.1. The third-order valence-corrected chi connectivity index (χ3v) is 8.10. The lowest BCUT2D eigenvalue weighted by molar-refractivity contribution is -0.129. The Morgan fingerprint density at radius 3 is 2.59 bits per heavy atom. The molecule has 1 aromatic heterocycles. The Kier molecular flexibility index (Phi) is 6.23. The van der Waals surface area contributed by atoms with Crippen LogP contribution in [0.25, 0.3) is 11.1 Å². The van der Waals surface area contributed by atoms with Crippen LogP contribution in [0.3, 0.4) is 0 Å². The van der Waals surface area contributed by atoms with Gasteiger partial charge in [0.25, 0.3) is 6.43 Å². The van der Waals surface area contributed by atoms with Crippen LogP contribution in [-0.4, -0.2) is 40.3 Å². The predicted molar refractivity (Wildman–Crippen MR) is 138 cm³/mol. The standard InChI is InChI=1S/C29H32F2N4O2/c1-18(36)34-16-22-10-21(19-5-8-37-9-6-19)12-28(26(22)17-34)35-7-3-4-20-11-24(23-14-32-33(2)15-23)25(29(30)31)13-27(20)35/h10-15,19,29H,3-9,16-17H2,1-2H3. The average molecular weight is 507 g/mol. The van der Waals surface area contributed by atoms with Crippen LogP contribution in [0.4, 0.5) is 20.2 Å². The number of halogens is 2. The highest BCUT2D eigenvalue weighted by atomic mass is 19.3. The summed E-state index contributed by atoms with van der Waals surface area (Å²) in [5, 5.41) is 4.20. The lowest BCUT2D eigenvalue weighted by Crippen LogP contribution is -2.27. The minimum atomic E-state index is -2.60. The number of ether oxygens (including phenoxy) is 1. The topological polar surface area (TPSA) is 50.6 Å². The summed E-state index contributed by atoms with van der Waals surface area (Å²) in [7, 11) is 1.79. The maximum Gasteiger partial charge on any atom is 0.264 e. The van der Waals surface area contributed by atoms with Crippen molar-refractivity contribution in [2.75, 3.05) is 24.7 Å². The lowest BCUT2D eigenvalue weighted by Gasteiger charge is -2.35. The Hall–Kier alpha value is -3.26. The van der Waals surface area contributed by atoms with Crippen molar-refractivity contribution in [3.05, 3.63) is 64.5 Å². The van der Waals surface area contributed by atoms with E-state index in [1.807, 2.05) is 11.0 Å². The summed E-state index contributed by atoms with van der Waals surface area (Å²) in [6.07, 6.45) is 4.54. The van der Waals surface area contributed by atoms with Gasteiger partial charge in [-0.2, -0.15) is 5.10 Å². The maximum absolute atomic E-state index is 14.4. The number of carbonyl (C=O) groups is 1. The molecule has 6 rings (SSSR count). The van der Waals surface area contributed by atoms with Crippen LogP contribution in [0, 0.1) is 0 Å². The first kappa shape index (κ1) is 24.1. The molecule has 1 saturated heterocycles. The Morgan fingerprint density at radius 1 is 1.08 bits per heavy atom. The number of amides is 1. The smallest absolute Gasteiger partial charge is 0.264 e. The Bertz CT molecular complexity index is 1350. The van der Waals surface area contributed by atoms with E-state index in [9.17, 15) is 13.6 Å². The van der Waals surface area contributed by atoms with Gasteiger partial charge in [-0.3, -0.25) is 9.48 Å². The molecular weight excluding hydrogens is 474 g/mol. The molecule has 0 unspecified atom stereocenters. The van der Waals surface area contributed by atoms with Crippen LogP contribution in [0.1, 0.15) is 66.3 Å². The minimum Gasteiger partial charge on any atom is -0.381 e. The van der Waals surface area contributed by atoms with E-state index in [1.54, 1.807) is 37.1 Å². The Morgan fingerprint density at radius 2 is 1.89 bits per heavy atom. The second kappa shape index (κ2) is 9.56. The van der Waals surface area contributed by atoms with Gasteiger partial charge in [0, 0.05) is 81.1 Å². The third kappa shape index (κ3) is 4.41. The highest BCUT2D eigenvalue weighted by molar-refractivity contribution is 5.80. The van der Waals surface area contributed by atoms with Crippen LogP contribution in [0.5, 0.6) is 0 Å². The minimum absolute atomic E-state index is 0.0289. The summed E-state index contributed by atoms with van der Waals surface area (Å²) >= 11 is 0. The summed E-state index contributed by atoms with van der Waals surface area (Å²) in [6, 6.07) is 8.14. The second-order valence-corrected chi connectivity index (χ2v) is 10.5. The SMILES string of the molecule is CC(=O)N1Cc2cc(C3CCOCC3)cc(N3CCCc4cc(-c5cnn(C)c5)c(C(F)F)cc43)c2C1. The molecule has 0 atom stereocenters. The molecule has 0 aliphatic carbocycles. The molecule has 37 heavy (non-hydrogen) atoms. The summed E-state index contributed by atoms with van der Waals surface area (Å²) < 4.78 is 36.0. The van der Waals surface area contributed by atoms with Crippen LogP contribution >= 0.6 is 0 Å². The fourth-order valence-corrected chi connectivity index (χ4v) is 6.14. The summed E-state index contributed by atoms with van der Waals surface area (Å²) in [6.45, 7) is 5.00. The predicted octanol–water partition coefficient (Wildman–Crippen LogP) is 5.87. The average Bonchev–Trinajstić information content (AvgIpc) is 3.54. The number of alkyl halides is 2. The quantitative estimate of drug-likeness (QED) is 0.445. The van der Waals surface area contributed by atoms with E-state index in [2.05, 4.69) is 22.1 Å². The third-order valence-electron chi connectivity index (χ3n) is 8.10. The van der Waals surface area contributed by atoms with Crippen molar-refractivity contribution in [3.8, 4) is 11.1 Å². The van der Waals surface area contributed by atoms with E-state index >= 15 is 0 Å². The van der Waals surface area contributed by atoms with Crippen LogP contribution in [0.15, 0.2) is 36.7 Å². The number of rotatable bonds is 4. The van der Waals surface area contributed by atoms with Crippen LogP contribution in [0.2, 0.25) is 0 Å². The second-order valence-electron chi connectivity index (χ2n) is 10.5. The number of benzene rings is 2. The lowest BCUT2D eigenvalue weighted by atomic mass is 9.88. The number of anilines is 2. The van der Waals surface area contributed by atoms with E-state index in [1.165, 1.54) is 11.1 Å². The number of hydrogen-bond donors (Lipinski definition) is 0. The Labute approximate surface area is 215 Å². The molecule has 0 spiro atoms. The van der Waals surface area contributed by atoms with Crippen molar-refractivity contribution in [2.24, 2.45) is 7.05 Å². The van der Waals surface area contributed by atoms with E-state index < -0.39 is 6.43 Å². The molecule has 6 nitrogen and oxygen atoms in total. The molecule has 2 aromatic carbocycles. The Balaban J connectivity index is 1.48. The first-order valence-corrected chi connectivity index (χ1v) is 13.1. The van der Waals surface area contributed by atoms with Gasteiger partial charge >= 0.3 is 0 Å². The van der Waals surface area contributed by atoms with E-state index in [-0.39, 0.29) is 11.5 Å². The zero-order valence-corrected chi connectivity index (χ0v) is 21.3. The van der Waals surface area contributed by atoms with Gasteiger partial charge in [-0.15, -0.1) is 0 Å². The first-order chi connectivity index (χ1) is 17.9. The van der Waals surface area contributed by atoms with Gasteiger partial charge in [0.05, 0.1) is 6.20 Å². The molecule has 0 radical (unpaired) electrons. The largest absolute Gasteiger partial charge is 0.381 e. The van der Waals surface area contributed by atoms with Gasteiger partial charge in [0.15, 0.2) is 0 Å². The summed E-state index contributed by atoms with van der Waals surface area (Å²) in [4.78, 5) is 16.4. The highest BCUT2D eigenvalue weighted by Crippen LogP contribution is 2.45. The maximum atomic E-state index is 14.4. The van der Waals surface area contributed by atoms with Crippen molar-refractivity contribution >= 4 is 17.3 Å². The van der Waals surface area contributed by atoms with E-state index in [0.717, 1.165) is 67.9 Å². The molecule has 4 heterocycles. The number of hydrogen-bond acceptors (Lipinski definition) is 4. The van der Waals surface area contributed by atoms with E-state index in [0.29, 0.717) is 30.1 Å². The molecule has 1 fully saturated rings. The number of aryl methyl sites for hydroxylation is 2. The van der Waals surface area contributed by atoms with Crippen LogP contribution < -0.4 is 4.90 Å². The fourth-order valence-electron chi connectivity index (χ4n) is 6.14. The van der Waals surface area contributed by atoms with Crippen molar-refractivity contribution in [2.45, 2.75) is 58.0 Å². The van der Waals surface area contributed by atoms with Crippen molar-refractivity contribution in [3.63, 3.8) is 0 Å². The molecular formula is C29H32F2N4O2. The summed E-state index contributed by atoms with van der Waals surface area (Å²) in [5.74, 6) is 0.452. The molecule has 1 amide bonds. The zero-order valence-electron chi connectivity index (χ0n) is 21.3. The number of fused-ring (bicyclic) bond motifs is 2. The normalized spacial score (nSPS) is 17.9. The molecule has 3 aromatic rings. The van der Waals surface area contributed by atoms with Crippen molar-refractivity contribution in [1.29, 1.82) is 0 Å². The van der Waals surface area contributed by atoms with Gasteiger partial charge < -0.3 is 14.5 Å². The number of nitrogens with zero attached hydrogens (tertiary/aromatic N) is 4. The van der Waals surface area contributed by atoms with Crippen LogP contribution in [-0.2, 0) is 36.1 Å². The monoisotopic (exact) mass is 506 g/mol. The molecule has 3 aliphatic heterocycles. The highest BCUT2D eigenvalue weighted by Gasteiger charge is 2.31. The molecule has 0 saturated carbocycles. The van der Waals surface area contributed by atoms with Gasteiger partial charge in [0.2, 0.25) is 5.91 Å². The van der Waals surface area contributed by atoms with Gasteiger partial charge in [-0.1, -0.05) is 6.07 Å². The number of aromatic nitrogens is 2. The zero-order chi connectivity index (χ0) is 25.7. The van der Waals surface area contributed by atoms with Gasteiger partial charge in [-0.05, 0) is 72.1 Å². The van der Waals surface area contributed by atoms with E-state index in [4.69, 9.17) is 4.74 Å². The molecule has 194 valence electrons. The summed E-state index contributed by atoms with van der Waals surface area (Å²) in [5.41, 5.74) is 7.82. The number of carbonyl (C=O) groups excluding carboxylic acids is 1. The van der Waals surface area contributed by atoms with Gasteiger partial charge in [0.1, 0.15) is 0 Å². The molecule has 0 N–H and O–H groups in total. The fraction of sp³-hybridized carbons (Fsp3) is 0.448. The van der Waals surface area contributed by atoms with Gasteiger partial charge in [-0.25, -0.2) is 8.78 Å². The molecule has 3 aliphatic rings. The van der Waals surface area contributed by atoms with Crippen molar-refractivity contribution in [1.82, 2.24) is 14.7 Å². The molecule has 0 bridgehead atoms. The molecule has 8 heteroatoms.